The summed E-state index contributed by atoms with van der Waals surface area (Å²) in [5.41, 5.74) is 7.14. The summed E-state index contributed by atoms with van der Waals surface area (Å²) in [5.74, 6) is 0.618. The Bertz CT molecular complexity index is 673. The number of aromatic nitrogens is 3. The summed E-state index contributed by atoms with van der Waals surface area (Å²) in [6.45, 7) is 3.58. The molecule has 0 atom stereocenters. The van der Waals surface area contributed by atoms with E-state index in [1.165, 1.54) is 0 Å². The van der Waals surface area contributed by atoms with Crippen LogP contribution in [0.15, 0.2) is 15.6 Å². The van der Waals surface area contributed by atoms with Gasteiger partial charge in [0.25, 0.3) is 10.0 Å². The zero-order valence-electron chi connectivity index (χ0n) is 10.6. The number of hydrogen-bond donors (Lipinski definition) is 3. The normalized spacial score (nSPS) is 11.9. The molecule has 2 aromatic heterocycles. The van der Waals surface area contributed by atoms with Crippen LogP contribution in [0.1, 0.15) is 22.7 Å². The molecule has 104 valence electrons. The number of H-pyrrole nitrogens is 1. The van der Waals surface area contributed by atoms with E-state index in [0.717, 1.165) is 0 Å². The molecule has 0 saturated carbocycles. The van der Waals surface area contributed by atoms with Crippen molar-refractivity contribution < 1.29 is 12.9 Å². The molecule has 4 N–H and O–H groups in total. The highest BCUT2D eigenvalue weighted by Crippen LogP contribution is 2.15. The van der Waals surface area contributed by atoms with Gasteiger partial charge in [-0.1, -0.05) is 5.16 Å². The molecule has 0 aromatic carbocycles. The lowest BCUT2D eigenvalue weighted by Gasteiger charge is -2.04. The van der Waals surface area contributed by atoms with Gasteiger partial charge in [0, 0.05) is 23.9 Å². The third-order valence-electron chi connectivity index (χ3n) is 2.61. The minimum atomic E-state index is -3.73. The Labute approximate surface area is 110 Å². The van der Waals surface area contributed by atoms with E-state index in [4.69, 9.17) is 10.3 Å². The molecule has 0 saturated heterocycles. The fourth-order valence-electron chi connectivity index (χ4n) is 1.63. The van der Waals surface area contributed by atoms with Crippen molar-refractivity contribution in [1.29, 1.82) is 0 Å². The van der Waals surface area contributed by atoms with Gasteiger partial charge in [-0.3, -0.25) is 5.10 Å². The molecule has 2 rings (SSSR count). The van der Waals surface area contributed by atoms with Crippen molar-refractivity contribution in [3.63, 3.8) is 0 Å². The van der Waals surface area contributed by atoms with Gasteiger partial charge in [0.2, 0.25) is 0 Å². The fraction of sp³-hybridized carbons (Fsp3) is 0.400. The Kier molecular flexibility index (Phi) is 3.69. The van der Waals surface area contributed by atoms with Crippen LogP contribution in [0.25, 0.3) is 0 Å². The molecule has 0 bridgehead atoms. The summed E-state index contributed by atoms with van der Waals surface area (Å²) >= 11 is 0. The zero-order valence-corrected chi connectivity index (χ0v) is 11.4. The summed E-state index contributed by atoms with van der Waals surface area (Å²) in [6.07, 6.45) is 0. The Morgan fingerprint density at radius 1 is 1.47 bits per heavy atom. The summed E-state index contributed by atoms with van der Waals surface area (Å²) in [6, 6.07) is 1.65. The second kappa shape index (κ2) is 5.11. The molecule has 0 aliphatic carbocycles. The third kappa shape index (κ3) is 2.83. The van der Waals surface area contributed by atoms with Crippen LogP contribution in [0.4, 0.5) is 0 Å². The monoisotopic (exact) mass is 285 g/mol. The lowest BCUT2D eigenvalue weighted by molar-refractivity contribution is 0.390. The number of hydrogen-bond acceptors (Lipinski definition) is 6. The van der Waals surface area contributed by atoms with Crippen LogP contribution in [0.3, 0.4) is 0 Å². The van der Waals surface area contributed by atoms with Crippen LogP contribution in [0.2, 0.25) is 0 Å². The van der Waals surface area contributed by atoms with Crippen LogP contribution in [0, 0.1) is 13.8 Å². The molecule has 2 heterocycles. The van der Waals surface area contributed by atoms with Gasteiger partial charge >= 0.3 is 0 Å². The van der Waals surface area contributed by atoms with E-state index in [1.807, 2.05) is 0 Å². The van der Waals surface area contributed by atoms with E-state index >= 15 is 0 Å². The van der Waals surface area contributed by atoms with Crippen LogP contribution in [0.5, 0.6) is 0 Å². The maximum Gasteiger partial charge on any atom is 0.260 e. The van der Waals surface area contributed by atoms with E-state index in [-0.39, 0.29) is 18.1 Å². The van der Waals surface area contributed by atoms with Crippen LogP contribution in [-0.4, -0.2) is 23.8 Å². The number of rotatable bonds is 5. The maximum absolute atomic E-state index is 12.1. The lowest BCUT2D eigenvalue weighted by Crippen LogP contribution is -2.25. The molecule has 0 aliphatic rings. The van der Waals surface area contributed by atoms with E-state index in [0.29, 0.717) is 22.7 Å². The Morgan fingerprint density at radius 3 is 2.79 bits per heavy atom. The summed E-state index contributed by atoms with van der Waals surface area (Å²) in [5, 5.41) is 10.0. The van der Waals surface area contributed by atoms with Gasteiger partial charge in [-0.15, -0.1) is 0 Å². The molecule has 0 amide bonds. The number of nitrogens with zero attached hydrogens (tertiary/aromatic N) is 2. The van der Waals surface area contributed by atoms with Gasteiger partial charge in [-0.05, 0) is 13.8 Å². The molecule has 8 nitrogen and oxygen atoms in total. The zero-order chi connectivity index (χ0) is 14.0. The van der Waals surface area contributed by atoms with Crippen molar-refractivity contribution in [2.45, 2.75) is 32.0 Å². The van der Waals surface area contributed by atoms with Gasteiger partial charge in [-0.2, -0.15) is 5.10 Å². The summed E-state index contributed by atoms with van der Waals surface area (Å²) in [7, 11) is -3.73. The average Bonchev–Trinajstić information content (AvgIpc) is 2.93. The number of aromatic amines is 1. The average molecular weight is 285 g/mol. The molecule has 0 fully saturated rings. The Balaban J connectivity index is 2.18. The molecule has 9 heteroatoms. The smallest absolute Gasteiger partial charge is 0.260 e. The predicted molar refractivity (Wildman–Crippen MR) is 66.5 cm³/mol. The summed E-state index contributed by atoms with van der Waals surface area (Å²) in [4.78, 5) is 0. The second-order valence-corrected chi connectivity index (χ2v) is 5.77. The number of sulfonamides is 1. The van der Waals surface area contributed by atoms with Crippen molar-refractivity contribution >= 4 is 10.0 Å². The maximum atomic E-state index is 12.1. The van der Waals surface area contributed by atoms with Crippen molar-refractivity contribution in [3.8, 4) is 0 Å². The third-order valence-corrected chi connectivity index (χ3v) is 3.99. The number of aryl methyl sites for hydroxylation is 2. The first-order valence-electron chi connectivity index (χ1n) is 5.60. The quantitative estimate of drug-likeness (QED) is 0.707. The van der Waals surface area contributed by atoms with Crippen LogP contribution in [-0.2, 0) is 23.1 Å². The van der Waals surface area contributed by atoms with E-state index in [2.05, 4.69) is 20.1 Å². The fourth-order valence-corrected chi connectivity index (χ4v) is 2.83. The lowest BCUT2D eigenvalue weighted by atomic mass is 10.3. The molecule has 0 spiro atoms. The van der Waals surface area contributed by atoms with E-state index in [1.54, 1.807) is 19.9 Å². The molecule has 0 unspecified atom stereocenters. The first-order valence-corrected chi connectivity index (χ1v) is 7.08. The molecule has 19 heavy (non-hydrogen) atoms. The Hall–Kier alpha value is -1.71. The molecular weight excluding hydrogens is 270 g/mol. The second-order valence-electron chi connectivity index (χ2n) is 4.09. The van der Waals surface area contributed by atoms with Gasteiger partial charge in [-0.25, -0.2) is 13.1 Å². The van der Waals surface area contributed by atoms with Crippen molar-refractivity contribution in [2.75, 3.05) is 0 Å². The van der Waals surface area contributed by atoms with E-state index in [9.17, 15) is 8.42 Å². The topological polar surface area (TPSA) is 127 Å². The highest BCUT2D eigenvalue weighted by molar-refractivity contribution is 7.89. The Morgan fingerprint density at radius 2 is 2.21 bits per heavy atom. The van der Waals surface area contributed by atoms with Crippen molar-refractivity contribution in [2.24, 2.45) is 5.73 Å². The van der Waals surface area contributed by atoms with Gasteiger partial charge in [0.05, 0.1) is 12.2 Å². The first kappa shape index (κ1) is 13.7. The van der Waals surface area contributed by atoms with Gasteiger partial charge in [0.15, 0.2) is 5.03 Å². The SMILES string of the molecule is Cc1cc(CNS(=O)(=O)c2n[nH]c(C)c2CN)no1. The first-order chi connectivity index (χ1) is 8.94. The minimum absolute atomic E-state index is 0.0373. The largest absolute Gasteiger partial charge is 0.361 e. The minimum Gasteiger partial charge on any atom is -0.361 e. The molecular formula is C10H15N5O3S. The van der Waals surface area contributed by atoms with Gasteiger partial charge < -0.3 is 10.3 Å². The van der Waals surface area contributed by atoms with Crippen LogP contribution < -0.4 is 10.5 Å². The number of nitrogens with two attached hydrogens (primary N) is 1. The standard InChI is InChI=1S/C10H15N5O3S/c1-6-3-8(15-18-6)5-12-19(16,17)10-9(4-11)7(2)13-14-10/h3,12H,4-5,11H2,1-2H3,(H,13,14). The molecule has 2 aromatic rings. The van der Waals surface area contributed by atoms with Crippen LogP contribution >= 0.6 is 0 Å². The van der Waals surface area contributed by atoms with Crippen molar-refractivity contribution in [3.05, 3.63) is 28.8 Å². The summed E-state index contributed by atoms with van der Waals surface area (Å²) < 4.78 is 31.5. The van der Waals surface area contributed by atoms with E-state index < -0.39 is 10.0 Å². The van der Waals surface area contributed by atoms with Crippen molar-refractivity contribution in [1.82, 2.24) is 20.1 Å². The number of nitrogens with one attached hydrogen (secondary N) is 2. The predicted octanol–water partition coefficient (Wildman–Crippen LogP) is -0.0483. The highest BCUT2D eigenvalue weighted by atomic mass is 32.2. The molecule has 0 radical (unpaired) electrons. The highest BCUT2D eigenvalue weighted by Gasteiger charge is 2.23. The molecule has 0 aliphatic heterocycles. The van der Waals surface area contributed by atoms with Gasteiger partial charge in [0.1, 0.15) is 5.76 Å².